The summed E-state index contributed by atoms with van der Waals surface area (Å²) >= 11 is 0. The molecule has 21 heavy (non-hydrogen) atoms. The van der Waals surface area contributed by atoms with Gasteiger partial charge in [0, 0.05) is 0 Å². The average molecular weight is 288 g/mol. The second-order valence-electron chi connectivity index (χ2n) is 7.05. The lowest BCUT2D eigenvalue weighted by atomic mass is 9.71. The van der Waals surface area contributed by atoms with Crippen LogP contribution in [0.4, 0.5) is 0 Å². The van der Waals surface area contributed by atoms with Crippen LogP contribution in [0.5, 0.6) is 0 Å². The Morgan fingerprint density at radius 3 is 2.57 bits per heavy atom. The third-order valence-electron chi connectivity index (χ3n) is 4.82. The quantitative estimate of drug-likeness (QED) is 0.488. The van der Waals surface area contributed by atoms with Crippen LogP contribution in [0, 0.1) is 5.41 Å². The molecule has 1 atom stereocenters. The van der Waals surface area contributed by atoms with Gasteiger partial charge in [-0.25, -0.2) is 0 Å². The highest BCUT2D eigenvalue weighted by Gasteiger charge is 2.27. The molecule has 0 radical (unpaired) electrons. The summed E-state index contributed by atoms with van der Waals surface area (Å²) in [6, 6.07) is 0. The van der Waals surface area contributed by atoms with Crippen LogP contribution in [0.15, 0.2) is 47.1 Å². The maximum absolute atomic E-state index is 10.2. The Kier molecular flexibility index (Phi) is 6.67. The van der Waals surface area contributed by atoms with Crippen molar-refractivity contribution in [3.63, 3.8) is 0 Å². The van der Waals surface area contributed by atoms with Gasteiger partial charge < -0.3 is 5.11 Å². The molecule has 0 saturated carbocycles. The second-order valence-corrected chi connectivity index (χ2v) is 7.05. The van der Waals surface area contributed by atoms with Crippen LogP contribution >= 0.6 is 0 Å². The number of rotatable bonds is 6. The Morgan fingerprint density at radius 2 is 2.00 bits per heavy atom. The summed E-state index contributed by atoms with van der Waals surface area (Å²) in [5, 5.41) is 10.2. The summed E-state index contributed by atoms with van der Waals surface area (Å²) in [5.41, 5.74) is 5.62. The van der Waals surface area contributed by atoms with Gasteiger partial charge in [0.05, 0.1) is 6.10 Å². The Bertz CT molecular complexity index is 460. The SMILES string of the molecule is C=C/C(C)=C/CC(O)/C(C)=C/CC1=C(C)CCCC1(C)C. The minimum Gasteiger partial charge on any atom is -0.388 e. The van der Waals surface area contributed by atoms with Crippen LogP contribution in [0.1, 0.15) is 66.7 Å². The van der Waals surface area contributed by atoms with Gasteiger partial charge in [-0.2, -0.15) is 0 Å². The van der Waals surface area contributed by atoms with Gasteiger partial charge in [0.1, 0.15) is 0 Å². The van der Waals surface area contributed by atoms with Crippen LogP contribution in [0.3, 0.4) is 0 Å². The molecule has 1 aliphatic carbocycles. The van der Waals surface area contributed by atoms with E-state index in [4.69, 9.17) is 0 Å². The van der Waals surface area contributed by atoms with Crippen LogP contribution in [0.2, 0.25) is 0 Å². The molecule has 0 amide bonds. The molecule has 118 valence electrons. The second kappa shape index (κ2) is 7.79. The Morgan fingerprint density at radius 1 is 1.33 bits per heavy atom. The highest BCUT2D eigenvalue weighted by molar-refractivity contribution is 5.26. The molecule has 1 heteroatoms. The maximum atomic E-state index is 10.2. The average Bonchev–Trinajstić information content (AvgIpc) is 2.42. The number of aliphatic hydroxyl groups is 1. The van der Waals surface area contributed by atoms with E-state index in [2.05, 4.69) is 33.4 Å². The normalized spacial score (nSPS) is 21.4. The molecule has 1 nitrogen and oxygen atoms in total. The summed E-state index contributed by atoms with van der Waals surface area (Å²) in [6.45, 7) is 14.7. The van der Waals surface area contributed by atoms with Crippen molar-refractivity contribution in [3.8, 4) is 0 Å². The van der Waals surface area contributed by atoms with E-state index in [1.807, 2.05) is 26.0 Å². The lowest BCUT2D eigenvalue weighted by molar-refractivity contribution is 0.213. The van der Waals surface area contributed by atoms with Crippen LogP contribution in [0.25, 0.3) is 0 Å². The first kappa shape index (κ1) is 18.0. The van der Waals surface area contributed by atoms with E-state index in [0.717, 1.165) is 17.6 Å². The number of hydrogen-bond donors (Lipinski definition) is 1. The first-order valence-electron chi connectivity index (χ1n) is 8.11. The highest BCUT2D eigenvalue weighted by atomic mass is 16.3. The van der Waals surface area contributed by atoms with Crippen molar-refractivity contribution in [1.29, 1.82) is 0 Å². The first-order chi connectivity index (χ1) is 9.77. The number of hydrogen-bond acceptors (Lipinski definition) is 1. The molecular formula is C20H32O. The smallest absolute Gasteiger partial charge is 0.0782 e. The molecule has 0 aliphatic heterocycles. The predicted molar refractivity (Wildman–Crippen MR) is 93.3 cm³/mol. The molecule has 1 unspecified atom stereocenters. The number of aliphatic hydroxyl groups excluding tert-OH is 1. The van der Waals surface area contributed by atoms with Crippen molar-refractivity contribution in [2.75, 3.05) is 0 Å². The Hall–Kier alpha value is -1.08. The molecule has 0 fully saturated rings. The molecule has 0 heterocycles. The van der Waals surface area contributed by atoms with E-state index in [1.165, 1.54) is 19.3 Å². The van der Waals surface area contributed by atoms with E-state index in [9.17, 15) is 5.11 Å². The molecule has 0 aromatic rings. The molecule has 0 saturated heterocycles. The van der Waals surface area contributed by atoms with Gasteiger partial charge in [-0.15, -0.1) is 0 Å². The van der Waals surface area contributed by atoms with Gasteiger partial charge in [-0.05, 0) is 63.9 Å². The summed E-state index contributed by atoms with van der Waals surface area (Å²) in [6.07, 6.45) is 11.2. The standard InChI is InChI=1S/C20H32O/c1-7-15(2)10-13-19(21)17(4)11-12-18-16(3)9-8-14-20(18,5)6/h7,10-11,19,21H,1,8-9,12-14H2,2-6H3/b15-10+,17-11+. The fraction of sp³-hybridized carbons (Fsp3) is 0.600. The first-order valence-corrected chi connectivity index (χ1v) is 8.11. The maximum Gasteiger partial charge on any atom is 0.0782 e. The lowest BCUT2D eigenvalue weighted by Crippen LogP contribution is -2.20. The van der Waals surface area contributed by atoms with Crippen molar-refractivity contribution in [2.24, 2.45) is 5.41 Å². The van der Waals surface area contributed by atoms with E-state index in [0.29, 0.717) is 11.8 Å². The van der Waals surface area contributed by atoms with Crippen molar-refractivity contribution in [2.45, 2.75) is 72.8 Å². The van der Waals surface area contributed by atoms with E-state index in [1.54, 1.807) is 11.1 Å². The lowest BCUT2D eigenvalue weighted by Gasteiger charge is -2.34. The van der Waals surface area contributed by atoms with Crippen molar-refractivity contribution in [1.82, 2.24) is 0 Å². The molecule has 0 bridgehead atoms. The van der Waals surface area contributed by atoms with E-state index in [-0.39, 0.29) is 6.10 Å². The molecule has 1 rings (SSSR count). The van der Waals surface area contributed by atoms with Crippen molar-refractivity contribution >= 4 is 0 Å². The van der Waals surface area contributed by atoms with Gasteiger partial charge in [0.25, 0.3) is 0 Å². The minimum atomic E-state index is -0.382. The minimum absolute atomic E-state index is 0.309. The molecule has 1 N–H and O–H groups in total. The van der Waals surface area contributed by atoms with Gasteiger partial charge in [0.15, 0.2) is 0 Å². The van der Waals surface area contributed by atoms with Crippen LogP contribution < -0.4 is 0 Å². The molecule has 0 spiro atoms. The Labute approximate surface area is 131 Å². The summed E-state index contributed by atoms with van der Waals surface area (Å²) < 4.78 is 0. The fourth-order valence-electron chi connectivity index (χ4n) is 3.09. The molecule has 0 aromatic carbocycles. The van der Waals surface area contributed by atoms with Gasteiger partial charge in [-0.1, -0.05) is 55.4 Å². The van der Waals surface area contributed by atoms with Crippen LogP contribution in [-0.4, -0.2) is 11.2 Å². The van der Waals surface area contributed by atoms with E-state index >= 15 is 0 Å². The van der Waals surface area contributed by atoms with Crippen molar-refractivity contribution < 1.29 is 5.11 Å². The molecule has 1 aliphatic rings. The third-order valence-corrected chi connectivity index (χ3v) is 4.82. The van der Waals surface area contributed by atoms with E-state index < -0.39 is 0 Å². The predicted octanol–water partition coefficient (Wildman–Crippen LogP) is 5.73. The van der Waals surface area contributed by atoms with Crippen molar-refractivity contribution in [3.05, 3.63) is 47.1 Å². The van der Waals surface area contributed by atoms with Crippen LogP contribution in [-0.2, 0) is 0 Å². The zero-order valence-electron chi connectivity index (χ0n) is 14.5. The van der Waals surface area contributed by atoms with Gasteiger partial charge in [0.2, 0.25) is 0 Å². The third kappa shape index (κ3) is 5.32. The molecular weight excluding hydrogens is 256 g/mol. The number of allylic oxidation sites excluding steroid dienone is 5. The largest absolute Gasteiger partial charge is 0.388 e. The summed E-state index contributed by atoms with van der Waals surface area (Å²) in [7, 11) is 0. The monoisotopic (exact) mass is 288 g/mol. The zero-order chi connectivity index (χ0) is 16.0. The fourth-order valence-corrected chi connectivity index (χ4v) is 3.09. The van der Waals surface area contributed by atoms with Gasteiger partial charge in [-0.3, -0.25) is 0 Å². The summed E-state index contributed by atoms with van der Waals surface area (Å²) in [5.74, 6) is 0. The highest BCUT2D eigenvalue weighted by Crippen LogP contribution is 2.42. The van der Waals surface area contributed by atoms with Gasteiger partial charge >= 0.3 is 0 Å². The summed E-state index contributed by atoms with van der Waals surface area (Å²) in [4.78, 5) is 0. The molecule has 0 aromatic heterocycles. The Balaban J connectivity index is 2.72. The zero-order valence-corrected chi connectivity index (χ0v) is 14.5. The topological polar surface area (TPSA) is 20.2 Å².